The van der Waals surface area contributed by atoms with Crippen molar-refractivity contribution in [3.63, 3.8) is 0 Å². The van der Waals surface area contributed by atoms with Crippen LogP contribution in [0.2, 0.25) is 0 Å². The number of amides is 2. The lowest BCUT2D eigenvalue weighted by atomic mass is 9.90. The highest BCUT2D eigenvalue weighted by molar-refractivity contribution is 6.07. The van der Waals surface area contributed by atoms with Gasteiger partial charge in [-0.2, -0.15) is 0 Å². The molecule has 2 aliphatic rings. The van der Waals surface area contributed by atoms with Crippen LogP contribution >= 0.6 is 0 Å². The minimum absolute atomic E-state index is 0.195. The van der Waals surface area contributed by atoms with Crippen LogP contribution in [0.1, 0.15) is 31.4 Å². The van der Waals surface area contributed by atoms with Gasteiger partial charge >= 0.3 is 0 Å². The Labute approximate surface area is 176 Å². The Bertz CT molecular complexity index is 932. The molecule has 3 atom stereocenters. The number of para-hydroxylation sites is 1. The first-order valence-electron chi connectivity index (χ1n) is 10.2. The predicted molar refractivity (Wildman–Crippen MR) is 111 cm³/mol. The summed E-state index contributed by atoms with van der Waals surface area (Å²) < 4.78 is 10.9. The number of fused-ring (bicyclic) bond motifs is 1. The van der Waals surface area contributed by atoms with Gasteiger partial charge < -0.3 is 9.47 Å². The predicted octanol–water partition coefficient (Wildman–Crippen LogP) is 3.35. The maximum Gasteiger partial charge on any atom is 0.261 e. The molecule has 158 valence electrons. The number of benzene rings is 2. The number of hydrogen-bond donors (Lipinski definition) is 0. The van der Waals surface area contributed by atoms with Gasteiger partial charge in [-0.15, -0.1) is 0 Å². The van der Waals surface area contributed by atoms with Crippen molar-refractivity contribution < 1.29 is 23.9 Å². The van der Waals surface area contributed by atoms with E-state index in [0.717, 1.165) is 24.1 Å². The second kappa shape index (κ2) is 8.36. The molecule has 2 saturated heterocycles. The minimum Gasteiger partial charge on any atom is -0.497 e. The van der Waals surface area contributed by atoms with E-state index >= 15 is 0 Å². The molecule has 2 aromatic carbocycles. The number of nitrogens with zero attached hydrogens (tertiary/aromatic N) is 2. The zero-order valence-corrected chi connectivity index (χ0v) is 17.4. The Morgan fingerprint density at radius 2 is 1.77 bits per heavy atom. The SMILES string of the molecule is CCCCN1C(=O)[C@@H]2[C@H](ON(c3ccccc3)[C@H]2c2ccc(OC)cc2OC)C1=O. The van der Waals surface area contributed by atoms with Crippen LogP contribution in [0.5, 0.6) is 11.5 Å². The van der Waals surface area contributed by atoms with Crippen LogP contribution in [0.3, 0.4) is 0 Å². The molecule has 2 aliphatic heterocycles. The number of methoxy groups -OCH3 is 2. The van der Waals surface area contributed by atoms with Gasteiger partial charge in [-0.05, 0) is 30.7 Å². The van der Waals surface area contributed by atoms with E-state index < -0.39 is 18.1 Å². The van der Waals surface area contributed by atoms with Crippen LogP contribution in [0.25, 0.3) is 0 Å². The largest absolute Gasteiger partial charge is 0.497 e. The average molecular weight is 410 g/mol. The number of rotatable bonds is 7. The highest BCUT2D eigenvalue weighted by atomic mass is 16.7. The van der Waals surface area contributed by atoms with E-state index in [1.54, 1.807) is 25.3 Å². The van der Waals surface area contributed by atoms with Crippen LogP contribution in [-0.4, -0.2) is 43.6 Å². The van der Waals surface area contributed by atoms with Gasteiger partial charge in [0.25, 0.3) is 5.91 Å². The van der Waals surface area contributed by atoms with Gasteiger partial charge in [-0.1, -0.05) is 31.5 Å². The molecule has 2 fully saturated rings. The molecule has 0 unspecified atom stereocenters. The van der Waals surface area contributed by atoms with Gasteiger partial charge in [0, 0.05) is 18.2 Å². The Kier molecular flexibility index (Phi) is 5.63. The monoisotopic (exact) mass is 410 g/mol. The van der Waals surface area contributed by atoms with Gasteiger partial charge in [0.05, 0.1) is 25.9 Å². The average Bonchev–Trinajstić information content (AvgIpc) is 3.28. The Morgan fingerprint density at radius 3 is 2.43 bits per heavy atom. The fourth-order valence-electron chi connectivity index (χ4n) is 4.19. The minimum atomic E-state index is -0.841. The number of anilines is 1. The van der Waals surface area contributed by atoms with Crippen molar-refractivity contribution >= 4 is 17.5 Å². The van der Waals surface area contributed by atoms with Crippen molar-refractivity contribution in [1.82, 2.24) is 4.90 Å². The quantitative estimate of drug-likeness (QED) is 0.652. The molecule has 0 bridgehead atoms. The van der Waals surface area contributed by atoms with Crippen molar-refractivity contribution in [3.05, 3.63) is 54.1 Å². The topological polar surface area (TPSA) is 68.3 Å². The summed E-state index contributed by atoms with van der Waals surface area (Å²) >= 11 is 0. The van der Waals surface area contributed by atoms with Gasteiger partial charge in [-0.3, -0.25) is 19.3 Å². The molecule has 30 heavy (non-hydrogen) atoms. The zero-order valence-electron chi connectivity index (χ0n) is 17.4. The van der Waals surface area contributed by atoms with Crippen LogP contribution in [-0.2, 0) is 14.4 Å². The molecule has 4 rings (SSSR count). The third-order valence-electron chi connectivity index (χ3n) is 5.71. The molecule has 7 nitrogen and oxygen atoms in total. The molecule has 2 heterocycles. The molecule has 0 N–H and O–H groups in total. The van der Waals surface area contributed by atoms with Crippen molar-refractivity contribution in [1.29, 1.82) is 0 Å². The van der Waals surface area contributed by atoms with E-state index in [1.807, 2.05) is 49.4 Å². The highest BCUT2D eigenvalue weighted by Gasteiger charge is 2.60. The lowest BCUT2D eigenvalue weighted by Gasteiger charge is -2.29. The lowest BCUT2D eigenvalue weighted by Crippen LogP contribution is -2.37. The Hall–Kier alpha value is -3.06. The van der Waals surface area contributed by atoms with Crippen LogP contribution in [0.15, 0.2) is 48.5 Å². The molecule has 0 radical (unpaired) electrons. The Morgan fingerprint density at radius 1 is 1.00 bits per heavy atom. The fraction of sp³-hybridized carbons (Fsp3) is 0.391. The maximum atomic E-state index is 13.3. The van der Waals surface area contributed by atoms with Crippen molar-refractivity contribution in [3.8, 4) is 11.5 Å². The molecule has 0 spiro atoms. The molecular formula is C23H26N2O5. The lowest BCUT2D eigenvalue weighted by molar-refractivity contribution is -0.143. The van der Waals surface area contributed by atoms with E-state index in [1.165, 1.54) is 4.90 Å². The van der Waals surface area contributed by atoms with Crippen molar-refractivity contribution in [2.75, 3.05) is 25.8 Å². The van der Waals surface area contributed by atoms with E-state index in [2.05, 4.69) is 0 Å². The smallest absolute Gasteiger partial charge is 0.261 e. The molecule has 0 saturated carbocycles. The summed E-state index contributed by atoms with van der Waals surface area (Å²) in [6, 6.07) is 14.5. The second-order valence-corrected chi connectivity index (χ2v) is 7.45. The van der Waals surface area contributed by atoms with Crippen LogP contribution in [0.4, 0.5) is 5.69 Å². The van der Waals surface area contributed by atoms with Gasteiger partial charge in [0.1, 0.15) is 17.4 Å². The van der Waals surface area contributed by atoms with E-state index in [0.29, 0.717) is 18.0 Å². The molecule has 2 aromatic rings. The Balaban J connectivity index is 1.79. The fourth-order valence-corrected chi connectivity index (χ4v) is 4.19. The number of likely N-dealkylation sites (tertiary alicyclic amines) is 1. The summed E-state index contributed by atoms with van der Waals surface area (Å²) in [6.45, 7) is 2.45. The molecule has 0 aliphatic carbocycles. The number of carbonyl (C=O) groups is 2. The molecule has 0 aromatic heterocycles. The number of imide groups is 1. The number of ether oxygens (including phenoxy) is 2. The summed E-state index contributed by atoms with van der Waals surface area (Å²) in [5.74, 6) is 0.124. The van der Waals surface area contributed by atoms with Crippen LogP contribution in [0, 0.1) is 5.92 Å². The molecule has 7 heteroatoms. The second-order valence-electron chi connectivity index (χ2n) is 7.45. The first-order chi connectivity index (χ1) is 14.6. The van der Waals surface area contributed by atoms with Crippen molar-refractivity contribution in [2.45, 2.75) is 31.9 Å². The summed E-state index contributed by atoms with van der Waals surface area (Å²) in [6.07, 6.45) is 0.834. The number of unbranched alkanes of at least 4 members (excludes halogenated alkanes) is 1. The van der Waals surface area contributed by atoms with E-state index in [-0.39, 0.29) is 11.8 Å². The summed E-state index contributed by atoms with van der Waals surface area (Å²) in [5.41, 5.74) is 1.55. The number of carbonyl (C=O) groups excluding carboxylic acids is 2. The first-order valence-corrected chi connectivity index (χ1v) is 10.2. The van der Waals surface area contributed by atoms with E-state index in [9.17, 15) is 9.59 Å². The zero-order chi connectivity index (χ0) is 21.3. The van der Waals surface area contributed by atoms with Crippen LogP contribution < -0.4 is 14.5 Å². The molecular weight excluding hydrogens is 384 g/mol. The third kappa shape index (κ3) is 3.29. The first kappa shape index (κ1) is 20.2. The maximum absolute atomic E-state index is 13.3. The van der Waals surface area contributed by atoms with E-state index in [4.69, 9.17) is 14.3 Å². The normalized spacial score (nSPS) is 23.1. The number of hydroxylamine groups is 1. The standard InChI is InChI=1S/C23H26N2O5/c1-4-5-13-24-22(26)19-20(17-12-11-16(28-2)14-18(17)29-3)25(30-21(19)23(24)27)15-9-7-6-8-10-15/h6-12,14,19-21H,4-5,13H2,1-3H3/t19-,20-,21-/m0/s1. The summed E-state index contributed by atoms with van der Waals surface area (Å²) in [7, 11) is 3.16. The molecule has 2 amide bonds. The summed E-state index contributed by atoms with van der Waals surface area (Å²) in [4.78, 5) is 33.8. The van der Waals surface area contributed by atoms with Gasteiger partial charge in [-0.25, -0.2) is 5.06 Å². The van der Waals surface area contributed by atoms with Gasteiger partial charge in [0.2, 0.25) is 5.91 Å². The number of hydrogen-bond acceptors (Lipinski definition) is 6. The van der Waals surface area contributed by atoms with Crippen molar-refractivity contribution in [2.24, 2.45) is 5.92 Å². The highest BCUT2D eigenvalue weighted by Crippen LogP contribution is 2.49. The third-order valence-corrected chi connectivity index (χ3v) is 5.71. The van der Waals surface area contributed by atoms with Gasteiger partial charge in [0.15, 0.2) is 6.10 Å². The summed E-state index contributed by atoms with van der Waals surface area (Å²) in [5, 5.41) is 1.67.